The number of carboxylic acid groups (broad SMARTS) is 1. The van der Waals surface area contributed by atoms with E-state index in [-0.39, 0.29) is 17.2 Å². The maximum Gasteiger partial charge on any atom is 0.325 e. The van der Waals surface area contributed by atoms with Crippen molar-refractivity contribution in [2.75, 3.05) is 0 Å². The van der Waals surface area contributed by atoms with Crippen molar-refractivity contribution in [3.05, 3.63) is 33.8 Å². The van der Waals surface area contributed by atoms with Crippen molar-refractivity contribution in [2.45, 2.75) is 37.6 Å². The molecule has 0 aliphatic heterocycles. The van der Waals surface area contributed by atoms with E-state index >= 15 is 0 Å². The van der Waals surface area contributed by atoms with Crippen molar-refractivity contribution >= 4 is 27.8 Å². The number of carbonyl (C=O) groups excluding carboxylic acids is 1. The highest BCUT2D eigenvalue weighted by Crippen LogP contribution is 2.61. The zero-order valence-electron chi connectivity index (χ0n) is 11.1. The first kappa shape index (κ1) is 13.6. The van der Waals surface area contributed by atoms with E-state index in [0.29, 0.717) is 0 Å². The van der Waals surface area contributed by atoms with Gasteiger partial charge >= 0.3 is 5.97 Å². The van der Waals surface area contributed by atoms with E-state index in [9.17, 15) is 9.59 Å². The number of hydrogen-bond acceptors (Lipinski definition) is 2. The Hall–Kier alpha value is -1.36. The fourth-order valence-electron chi connectivity index (χ4n) is 3.35. The largest absolute Gasteiger partial charge is 0.480 e. The molecule has 3 rings (SSSR count). The molecule has 5 heteroatoms. The average Bonchev–Trinajstić information content (AvgIpc) is 3.01. The standard InChI is InChI=1S/C15H16BrNO3/c1-8(14(19)20)17-13(18)12-7-15(12)5-4-9-6-10(16)2-3-11(9)15/h2-3,6,8,12H,4-5,7H2,1H3,(H,17,18)(H,19,20)/t8-,12?,15?/m0/s1. The molecule has 1 saturated carbocycles. The Balaban J connectivity index is 1.77. The summed E-state index contributed by atoms with van der Waals surface area (Å²) in [5.41, 5.74) is 2.53. The molecular weight excluding hydrogens is 322 g/mol. The highest BCUT2D eigenvalue weighted by atomic mass is 79.9. The quantitative estimate of drug-likeness (QED) is 0.888. The van der Waals surface area contributed by atoms with Gasteiger partial charge in [-0.25, -0.2) is 0 Å². The molecule has 2 aliphatic carbocycles. The number of nitrogens with one attached hydrogen (secondary N) is 1. The summed E-state index contributed by atoms with van der Waals surface area (Å²) in [6.45, 7) is 1.50. The topological polar surface area (TPSA) is 66.4 Å². The number of aliphatic carboxylic acids is 1. The van der Waals surface area contributed by atoms with Gasteiger partial charge in [-0.3, -0.25) is 9.59 Å². The fourth-order valence-corrected chi connectivity index (χ4v) is 3.75. The minimum Gasteiger partial charge on any atom is -0.480 e. The Labute approximate surface area is 125 Å². The van der Waals surface area contributed by atoms with Crippen molar-refractivity contribution in [3.63, 3.8) is 0 Å². The summed E-state index contributed by atoms with van der Waals surface area (Å²) in [4.78, 5) is 23.0. The minimum absolute atomic E-state index is 0.0433. The van der Waals surface area contributed by atoms with Crippen LogP contribution in [0.25, 0.3) is 0 Å². The number of rotatable bonds is 3. The Morgan fingerprint density at radius 1 is 1.50 bits per heavy atom. The molecule has 20 heavy (non-hydrogen) atoms. The second-order valence-corrected chi connectivity index (χ2v) is 6.70. The fraction of sp³-hybridized carbons (Fsp3) is 0.467. The van der Waals surface area contributed by atoms with Crippen LogP contribution in [0, 0.1) is 5.92 Å². The molecule has 4 nitrogen and oxygen atoms in total. The van der Waals surface area contributed by atoms with E-state index < -0.39 is 12.0 Å². The molecule has 3 atom stereocenters. The number of benzene rings is 1. The summed E-state index contributed by atoms with van der Waals surface area (Å²) in [7, 11) is 0. The molecule has 1 aromatic rings. The molecule has 2 unspecified atom stereocenters. The number of hydrogen-bond donors (Lipinski definition) is 2. The molecule has 106 valence electrons. The molecule has 1 fully saturated rings. The summed E-state index contributed by atoms with van der Waals surface area (Å²) in [6, 6.07) is 5.40. The number of fused-ring (bicyclic) bond motifs is 2. The highest BCUT2D eigenvalue weighted by molar-refractivity contribution is 9.10. The van der Waals surface area contributed by atoms with Gasteiger partial charge in [-0.05, 0) is 49.4 Å². The second kappa shape index (κ2) is 4.58. The lowest BCUT2D eigenvalue weighted by Crippen LogP contribution is -2.40. The molecule has 2 aliphatic rings. The van der Waals surface area contributed by atoms with Gasteiger partial charge in [0.25, 0.3) is 0 Å². The van der Waals surface area contributed by atoms with Gasteiger partial charge in [0.2, 0.25) is 5.91 Å². The number of amides is 1. The Morgan fingerprint density at radius 2 is 2.25 bits per heavy atom. The Kier molecular flexibility index (Phi) is 3.12. The maximum absolute atomic E-state index is 12.2. The highest BCUT2D eigenvalue weighted by Gasteiger charge is 2.61. The molecule has 0 bridgehead atoms. The summed E-state index contributed by atoms with van der Waals surface area (Å²) in [6.07, 6.45) is 2.81. The summed E-state index contributed by atoms with van der Waals surface area (Å²) < 4.78 is 1.06. The van der Waals surface area contributed by atoms with Gasteiger partial charge in [0.05, 0.1) is 0 Å². The monoisotopic (exact) mass is 337 g/mol. The predicted octanol–water partition coefficient (Wildman–Crippen LogP) is 2.24. The zero-order valence-corrected chi connectivity index (χ0v) is 12.7. The van der Waals surface area contributed by atoms with Crippen LogP contribution in [-0.2, 0) is 21.4 Å². The van der Waals surface area contributed by atoms with Gasteiger partial charge in [0.1, 0.15) is 6.04 Å². The molecular formula is C15H16BrNO3. The van der Waals surface area contributed by atoms with Crippen LogP contribution < -0.4 is 5.32 Å². The van der Waals surface area contributed by atoms with Crippen LogP contribution in [0.2, 0.25) is 0 Å². The third-order valence-corrected chi connectivity index (χ3v) is 5.06. The van der Waals surface area contributed by atoms with Gasteiger partial charge in [0, 0.05) is 15.8 Å². The first-order valence-electron chi connectivity index (χ1n) is 6.76. The van der Waals surface area contributed by atoms with Crippen LogP contribution in [0.15, 0.2) is 22.7 Å². The third kappa shape index (κ3) is 2.04. The maximum atomic E-state index is 12.2. The molecule has 0 radical (unpaired) electrons. The average molecular weight is 338 g/mol. The van der Waals surface area contributed by atoms with Crippen molar-refractivity contribution in [3.8, 4) is 0 Å². The lowest BCUT2D eigenvalue weighted by atomic mass is 9.95. The Bertz CT molecular complexity index is 601. The lowest BCUT2D eigenvalue weighted by Gasteiger charge is -2.13. The molecule has 1 aromatic carbocycles. The van der Waals surface area contributed by atoms with E-state index in [2.05, 4.69) is 33.4 Å². The van der Waals surface area contributed by atoms with Crippen molar-refractivity contribution in [2.24, 2.45) is 5.92 Å². The van der Waals surface area contributed by atoms with Crippen LogP contribution in [0.1, 0.15) is 30.9 Å². The van der Waals surface area contributed by atoms with Crippen LogP contribution >= 0.6 is 15.9 Å². The van der Waals surface area contributed by atoms with Gasteiger partial charge in [-0.2, -0.15) is 0 Å². The third-order valence-electron chi connectivity index (χ3n) is 4.57. The van der Waals surface area contributed by atoms with Crippen molar-refractivity contribution < 1.29 is 14.7 Å². The molecule has 0 aromatic heterocycles. The van der Waals surface area contributed by atoms with Gasteiger partial charge in [-0.1, -0.05) is 22.0 Å². The van der Waals surface area contributed by atoms with Crippen molar-refractivity contribution in [1.82, 2.24) is 5.32 Å². The number of carboxylic acids is 1. The molecule has 1 spiro atoms. The molecule has 0 heterocycles. The second-order valence-electron chi connectivity index (χ2n) is 5.78. The van der Waals surface area contributed by atoms with E-state index in [1.807, 2.05) is 6.07 Å². The van der Waals surface area contributed by atoms with Crippen LogP contribution in [0.3, 0.4) is 0 Å². The summed E-state index contributed by atoms with van der Waals surface area (Å²) in [5, 5.41) is 11.4. The van der Waals surface area contributed by atoms with Gasteiger partial charge in [-0.15, -0.1) is 0 Å². The number of halogens is 1. The smallest absolute Gasteiger partial charge is 0.325 e. The molecule has 2 N–H and O–H groups in total. The lowest BCUT2D eigenvalue weighted by molar-refractivity contribution is -0.141. The normalized spacial score (nSPS) is 28.0. The summed E-state index contributed by atoms with van der Waals surface area (Å²) >= 11 is 3.47. The van der Waals surface area contributed by atoms with Crippen LogP contribution in [-0.4, -0.2) is 23.0 Å². The molecule has 1 amide bonds. The van der Waals surface area contributed by atoms with E-state index in [1.54, 1.807) is 0 Å². The minimum atomic E-state index is -0.996. The Morgan fingerprint density at radius 3 is 2.95 bits per heavy atom. The zero-order chi connectivity index (χ0) is 14.5. The van der Waals surface area contributed by atoms with Crippen LogP contribution in [0.5, 0.6) is 0 Å². The van der Waals surface area contributed by atoms with Crippen molar-refractivity contribution in [1.29, 1.82) is 0 Å². The van der Waals surface area contributed by atoms with E-state index in [4.69, 9.17) is 5.11 Å². The SMILES string of the molecule is C[C@H](NC(=O)C1CC12CCc1cc(Br)ccc12)C(=O)O. The van der Waals surface area contributed by atoms with Gasteiger partial charge in [0.15, 0.2) is 0 Å². The first-order chi connectivity index (χ1) is 9.44. The predicted molar refractivity (Wildman–Crippen MR) is 77.5 cm³/mol. The summed E-state index contributed by atoms with van der Waals surface area (Å²) in [5.74, 6) is -1.20. The van der Waals surface area contributed by atoms with Crippen LogP contribution in [0.4, 0.5) is 0 Å². The van der Waals surface area contributed by atoms with E-state index in [1.165, 1.54) is 18.1 Å². The number of aryl methyl sites for hydroxylation is 1. The van der Waals surface area contributed by atoms with Gasteiger partial charge < -0.3 is 10.4 Å². The number of carbonyl (C=O) groups is 2. The first-order valence-corrected chi connectivity index (χ1v) is 7.55. The van der Waals surface area contributed by atoms with E-state index in [0.717, 1.165) is 23.7 Å². The molecule has 0 saturated heterocycles.